The molecule has 0 bridgehead atoms. The number of rotatable bonds is 6. The van der Waals surface area contributed by atoms with Crippen LogP contribution in [0.1, 0.15) is 43.7 Å². The second-order valence-corrected chi connectivity index (χ2v) is 9.39. The van der Waals surface area contributed by atoms with E-state index < -0.39 is 0 Å². The van der Waals surface area contributed by atoms with Crippen molar-refractivity contribution < 1.29 is 14.3 Å². The number of ether oxygens (including phenoxy) is 2. The normalized spacial score (nSPS) is 20.6. The highest BCUT2D eigenvalue weighted by Gasteiger charge is 2.40. The lowest BCUT2D eigenvalue weighted by molar-refractivity contribution is 0.0675. The molecule has 180 valence electrons. The zero-order valence-electron chi connectivity index (χ0n) is 19.5. The van der Waals surface area contributed by atoms with Crippen LogP contribution in [0, 0.1) is 6.92 Å². The molecular weight excluding hydrogens is 448 g/mol. The number of imidazole rings is 1. The van der Waals surface area contributed by atoms with Crippen molar-refractivity contribution >= 4 is 23.5 Å². The Hall–Kier alpha value is -3.99. The van der Waals surface area contributed by atoms with Gasteiger partial charge in [-0.2, -0.15) is 5.10 Å². The molecule has 2 aliphatic rings. The molecule has 0 radical (unpaired) electrons. The Morgan fingerprint density at radius 2 is 2.14 bits per heavy atom. The van der Waals surface area contributed by atoms with Gasteiger partial charge in [0.15, 0.2) is 5.82 Å². The van der Waals surface area contributed by atoms with Crippen LogP contribution in [-0.4, -0.2) is 53.9 Å². The van der Waals surface area contributed by atoms with E-state index in [1.54, 1.807) is 6.20 Å². The number of alkyl carbamates (subject to hydrolysis) is 1. The quantitative estimate of drug-likeness (QED) is 0.386. The highest BCUT2D eigenvalue weighted by Crippen LogP contribution is 2.35. The van der Waals surface area contributed by atoms with Crippen LogP contribution in [-0.2, 0) is 9.47 Å². The number of carbonyl (C=O) groups is 1. The third kappa shape index (κ3) is 4.54. The average Bonchev–Trinajstić information content (AvgIpc) is 3.22. The maximum Gasteiger partial charge on any atom is 0.407 e. The van der Waals surface area contributed by atoms with E-state index in [0.717, 1.165) is 35.6 Å². The van der Waals surface area contributed by atoms with Crippen LogP contribution in [0.15, 0.2) is 42.7 Å². The first-order valence-electron chi connectivity index (χ1n) is 11.6. The maximum atomic E-state index is 12.1. The first-order chi connectivity index (χ1) is 16.9. The smallest absolute Gasteiger partial charge is 0.407 e. The summed E-state index contributed by atoms with van der Waals surface area (Å²) in [6.45, 7) is 4.30. The summed E-state index contributed by atoms with van der Waals surface area (Å²) in [5.74, 6) is 1.16. The van der Waals surface area contributed by atoms with E-state index in [1.807, 2.05) is 54.8 Å². The fourth-order valence-corrected chi connectivity index (χ4v) is 4.16. The highest BCUT2D eigenvalue weighted by atomic mass is 16.6. The predicted octanol–water partition coefficient (Wildman–Crippen LogP) is 3.68. The van der Waals surface area contributed by atoms with Crippen molar-refractivity contribution in [3.05, 3.63) is 54.1 Å². The van der Waals surface area contributed by atoms with Crippen molar-refractivity contribution in [3.8, 4) is 11.4 Å². The minimum absolute atomic E-state index is 0.110. The third-order valence-electron chi connectivity index (χ3n) is 6.32. The van der Waals surface area contributed by atoms with E-state index in [4.69, 9.17) is 14.5 Å². The number of aromatic amines is 1. The fraction of sp³-hybridized carbons (Fsp3) is 0.375. The van der Waals surface area contributed by atoms with Crippen LogP contribution < -0.4 is 10.6 Å². The van der Waals surface area contributed by atoms with E-state index in [1.165, 1.54) is 0 Å². The molecule has 1 aliphatic carbocycles. The van der Waals surface area contributed by atoms with Gasteiger partial charge < -0.3 is 20.1 Å². The van der Waals surface area contributed by atoms with E-state index in [-0.39, 0.29) is 23.8 Å². The zero-order chi connectivity index (χ0) is 24.0. The molecule has 1 amide bonds. The molecule has 11 nitrogen and oxygen atoms in total. The Morgan fingerprint density at radius 1 is 1.26 bits per heavy atom. The van der Waals surface area contributed by atoms with Gasteiger partial charge in [0.1, 0.15) is 17.9 Å². The molecule has 1 aliphatic heterocycles. The van der Waals surface area contributed by atoms with Gasteiger partial charge in [0.25, 0.3) is 0 Å². The van der Waals surface area contributed by atoms with Gasteiger partial charge in [-0.3, -0.25) is 14.5 Å². The van der Waals surface area contributed by atoms with E-state index in [0.29, 0.717) is 30.5 Å². The van der Waals surface area contributed by atoms with Crippen molar-refractivity contribution in [1.82, 2.24) is 34.9 Å². The van der Waals surface area contributed by atoms with E-state index in [9.17, 15) is 4.79 Å². The maximum absolute atomic E-state index is 12.1. The minimum Gasteiger partial charge on any atom is -0.444 e. The number of carbonyl (C=O) groups excluding carboxylic acids is 1. The average molecular weight is 475 g/mol. The lowest BCUT2D eigenvalue weighted by Gasteiger charge is -2.15. The minimum atomic E-state index is -0.385. The van der Waals surface area contributed by atoms with Gasteiger partial charge in [-0.1, -0.05) is 6.07 Å². The number of amides is 1. The summed E-state index contributed by atoms with van der Waals surface area (Å²) in [6.07, 6.45) is 5.26. The number of fused-ring (bicyclic) bond motifs is 1. The Bertz CT molecular complexity index is 1380. The monoisotopic (exact) mass is 474 g/mol. The Morgan fingerprint density at radius 3 is 2.94 bits per heavy atom. The highest BCUT2D eigenvalue weighted by molar-refractivity contribution is 5.69. The molecule has 6 rings (SSSR count). The summed E-state index contributed by atoms with van der Waals surface area (Å²) in [4.78, 5) is 25.9. The number of aromatic nitrogens is 6. The van der Waals surface area contributed by atoms with Crippen LogP contribution >= 0.6 is 0 Å². The summed E-state index contributed by atoms with van der Waals surface area (Å²) in [5.41, 5.74) is 3.79. The Kier molecular flexibility index (Phi) is 5.14. The largest absolute Gasteiger partial charge is 0.444 e. The van der Waals surface area contributed by atoms with Gasteiger partial charge in [0.2, 0.25) is 5.95 Å². The first kappa shape index (κ1) is 21.5. The standard InChI is InChI=1S/C24H26N8O3/c1-14-12-32-21(26-14)11-17(16-5-3-4-8-25-16)27-22(32)28-20-10-18(30-31-20)19-9-15(13-34-19)35-23(33)29-24(2)6-7-24/h3-5,8,10-12,15,19H,6-7,9,13H2,1-2H3,(H,29,33)(H2,27,28,30,31). The molecule has 2 fully saturated rings. The van der Waals surface area contributed by atoms with Crippen LogP contribution in [0.2, 0.25) is 0 Å². The number of pyridine rings is 1. The lowest BCUT2D eigenvalue weighted by atomic mass is 10.1. The summed E-state index contributed by atoms with van der Waals surface area (Å²) in [6, 6.07) is 9.48. The van der Waals surface area contributed by atoms with Crippen molar-refractivity contribution in [2.45, 2.75) is 50.9 Å². The van der Waals surface area contributed by atoms with Gasteiger partial charge in [-0.25, -0.2) is 14.8 Å². The number of nitrogens with one attached hydrogen (secondary N) is 3. The van der Waals surface area contributed by atoms with Crippen molar-refractivity contribution in [3.63, 3.8) is 0 Å². The van der Waals surface area contributed by atoms with E-state index in [2.05, 4.69) is 30.8 Å². The molecule has 2 atom stereocenters. The van der Waals surface area contributed by atoms with Gasteiger partial charge in [-0.15, -0.1) is 0 Å². The summed E-state index contributed by atoms with van der Waals surface area (Å²) in [5, 5.41) is 13.6. The molecule has 0 aromatic carbocycles. The summed E-state index contributed by atoms with van der Waals surface area (Å²) in [7, 11) is 0. The molecule has 1 saturated carbocycles. The van der Waals surface area contributed by atoms with Crippen LogP contribution in [0.5, 0.6) is 0 Å². The van der Waals surface area contributed by atoms with E-state index >= 15 is 0 Å². The van der Waals surface area contributed by atoms with Gasteiger partial charge in [0, 0.05) is 36.5 Å². The molecule has 1 saturated heterocycles. The van der Waals surface area contributed by atoms with Crippen LogP contribution in [0.25, 0.3) is 17.0 Å². The number of hydrogen-bond acceptors (Lipinski definition) is 8. The topological polar surface area (TPSA) is 131 Å². The summed E-state index contributed by atoms with van der Waals surface area (Å²) >= 11 is 0. The molecule has 0 spiro atoms. The predicted molar refractivity (Wildman–Crippen MR) is 127 cm³/mol. The number of nitrogens with zero attached hydrogens (tertiary/aromatic N) is 5. The van der Waals surface area contributed by atoms with Crippen molar-refractivity contribution in [1.29, 1.82) is 0 Å². The molecule has 35 heavy (non-hydrogen) atoms. The van der Waals surface area contributed by atoms with Gasteiger partial charge >= 0.3 is 6.09 Å². The molecular formula is C24H26N8O3. The second kappa shape index (κ2) is 8.35. The Balaban J connectivity index is 1.17. The molecule has 4 aromatic rings. The SMILES string of the molecule is Cc1cn2c(Nc3cc(C4CC(OC(=O)NC5(C)CC5)CO4)[nH]n3)nc(-c3ccccn3)cc2n1. The number of H-pyrrole nitrogens is 1. The van der Waals surface area contributed by atoms with Crippen LogP contribution in [0.3, 0.4) is 0 Å². The fourth-order valence-electron chi connectivity index (χ4n) is 4.16. The van der Waals surface area contributed by atoms with Gasteiger partial charge in [-0.05, 0) is 38.8 Å². The molecule has 11 heteroatoms. The second-order valence-electron chi connectivity index (χ2n) is 9.39. The number of anilines is 2. The van der Waals surface area contributed by atoms with Crippen molar-refractivity contribution in [2.24, 2.45) is 0 Å². The first-order valence-corrected chi connectivity index (χ1v) is 11.6. The lowest BCUT2D eigenvalue weighted by Crippen LogP contribution is -2.37. The number of hydrogen-bond donors (Lipinski definition) is 3. The molecule has 3 N–H and O–H groups in total. The zero-order valence-corrected chi connectivity index (χ0v) is 19.5. The Labute approximate surface area is 201 Å². The van der Waals surface area contributed by atoms with Gasteiger partial charge in [0.05, 0.1) is 29.4 Å². The molecule has 5 heterocycles. The van der Waals surface area contributed by atoms with Crippen molar-refractivity contribution in [2.75, 3.05) is 11.9 Å². The third-order valence-corrected chi connectivity index (χ3v) is 6.32. The number of aryl methyl sites for hydroxylation is 1. The molecule has 2 unspecified atom stereocenters. The van der Waals surface area contributed by atoms with Crippen LogP contribution in [0.4, 0.5) is 16.6 Å². The molecule has 4 aromatic heterocycles. The summed E-state index contributed by atoms with van der Waals surface area (Å²) < 4.78 is 13.3.